The molecule has 0 radical (unpaired) electrons. The van der Waals surface area contributed by atoms with Crippen molar-refractivity contribution in [1.29, 1.82) is 0 Å². The first kappa shape index (κ1) is 28.3. The van der Waals surface area contributed by atoms with Crippen molar-refractivity contribution in [1.82, 2.24) is 20.5 Å². The number of fused-ring (bicyclic) bond motifs is 1. The molecule has 0 aliphatic heterocycles. The third-order valence-corrected chi connectivity index (χ3v) is 8.77. The van der Waals surface area contributed by atoms with Crippen LogP contribution in [0.3, 0.4) is 0 Å². The summed E-state index contributed by atoms with van der Waals surface area (Å²) < 4.78 is 5.89. The van der Waals surface area contributed by atoms with E-state index >= 15 is 0 Å². The van der Waals surface area contributed by atoms with Gasteiger partial charge in [-0.05, 0) is 88.3 Å². The molecule has 6 nitrogen and oxygen atoms in total. The van der Waals surface area contributed by atoms with Gasteiger partial charge in [-0.3, -0.25) is 4.79 Å². The molecule has 1 aliphatic rings. The lowest BCUT2D eigenvalue weighted by molar-refractivity contribution is 0.0939. The molecule has 40 heavy (non-hydrogen) atoms. The molecule has 1 fully saturated rings. The fraction of sp³-hybridized carbons (Fsp3) is 0.394. The van der Waals surface area contributed by atoms with Crippen molar-refractivity contribution >= 4 is 28.1 Å². The lowest BCUT2D eigenvalue weighted by atomic mass is 10.0. The number of carbonyl (C=O) groups is 1. The van der Waals surface area contributed by atoms with E-state index in [4.69, 9.17) is 9.72 Å². The number of likely N-dealkylation sites (N-methyl/N-ethyl adjacent to an activating group) is 1. The Hall–Kier alpha value is -3.26. The Balaban J connectivity index is 1.35. The summed E-state index contributed by atoms with van der Waals surface area (Å²) in [5, 5.41) is 8.01. The van der Waals surface area contributed by atoms with E-state index in [1.165, 1.54) is 30.6 Å². The topological polar surface area (TPSA) is 66.5 Å². The number of benzene rings is 2. The maximum Gasteiger partial charge on any atom is 0.252 e. The highest BCUT2D eigenvalue weighted by molar-refractivity contribution is 7.15. The van der Waals surface area contributed by atoms with E-state index in [9.17, 15) is 4.79 Å². The van der Waals surface area contributed by atoms with Crippen molar-refractivity contribution < 1.29 is 9.53 Å². The van der Waals surface area contributed by atoms with Crippen molar-refractivity contribution in [2.75, 3.05) is 27.2 Å². The van der Waals surface area contributed by atoms with Gasteiger partial charge in [-0.1, -0.05) is 37.1 Å². The van der Waals surface area contributed by atoms with E-state index in [-0.39, 0.29) is 11.9 Å². The summed E-state index contributed by atoms with van der Waals surface area (Å²) in [5.74, 6) is 0.597. The molecule has 210 valence electrons. The summed E-state index contributed by atoms with van der Waals surface area (Å²) in [6, 6.07) is 20.8. The standard InChI is InChI=1S/C33H40N4O2S/c1-22-13-14-25(39-18-17-37(3)4)19-28(22)33(38)35-23(2)29-20-31(36-30-12-8-7-11-27(29)30)32-16-15-26(40-32)21-34-24-9-5-6-10-24/h7-8,11-16,19-20,23-24,34H,5-6,9-10,17-18,21H2,1-4H3,(H,35,38). The quantitative estimate of drug-likeness (QED) is 0.214. The van der Waals surface area contributed by atoms with Crippen LogP contribution in [0, 0.1) is 6.92 Å². The van der Waals surface area contributed by atoms with Gasteiger partial charge < -0.3 is 20.3 Å². The molecule has 1 saturated carbocycles. The van der Waals surface area contributed by atoms with Gasteiger partial charge in [-0.2, -0.15) is 0 Å². The van der Waals surface area contributed by atoms with Crippen LogP contribution in [-0.4, -0.2) is 49.1 Å². The van der Waals surface area contributed by atoms with Gasteiger partial charge in [0.2, 0.25) is 0 Å². The van der Waals surface area contributed by atoms with Crippen molar-refractivity contribution in [3.63, 3.8) is 0 Å². The molecule has 0 bridgehead atoms. The highest BCUT2D eigenvalue weighted by Crippen LogP contribution is 2.33. The summed E-state index contributed by atoms with van der Waals surface area (Å²) in [6.45, 7) is 6.28. The zero-order chi connectivity index (χ0) is 28.1. The summed E-state index contributed by atoms with van der Waals surface area (Å²) in [4.78, 5) is 23.0. The molecule has 2 aromatic carbocycles. The first-order valence-corrected chi connectivity index (χ1v) is 15.1. The van der Waals surface area contributed by atoms with Crippen molar-refractivity contribution in [3.05, 3.63) is 82.2 Å². The number of aryl methyl sites for hydroxylation is 1. The third-order valence-electron chi connectivity index (χ3n) is 7.66. The molecule has 1 atom stereocenters. The SMILES string of the molecule is Cc1ccc(OCCN(C)C)cc1C(=O)NC(C)c1cc(-c2ccc(CNC3CCCC3)s2)nc2ccccc12. The van der Waals surface area contributed by atoms with E-state index in [0.717, 1.165) is 45.7 Å². The average molecular weight is 557 g/mol. The average Bonchev–Trinajstić information content (AvgIpc) is 3.64. The Kier molecular flexibility index (Phi) is 9.15. The second-order valence-electron chi connectivity index (χ2n) is 11.1. The number of para-hydroxylation sites is 1. The summed E-state index contributed by atoms with van der Waals surface area (Å²) in [7, 11) is 4.03. The van der Waals surface area contributed by atoms with Gasteiger partial charge in [0.25, 0.3) is 5.91 Å². The number of aromatic nitrogens is 1. The molecule has 0 spiro atoms. The van der Waals surface area contributed by atoms with Crippen LogP contribution in [0.25, 0.3) is 21.5 Å². The Morgan fingerprint density at radius 2 is 1.90 bits per heavy atom. The van der Waals surface area contributed by atoms with Gasteiger partial charge in [0.1, 0.15) is 12.4 Å². The van der Waals surface area contributed by atoms with Crippen LogP contribution in [-0.2, 0) is 6.54 Å². The smallest absolute Gasteiger partial charge is 0.252 e. The van der Waals surface area contributed by atoms with Gasteiger partial charge in [0, 0.05) is 35.0 Å². The van der Waals surface area contributed by atoms with E-state index in [0.29, 0.717) is 24.0 Å². The normalized spacial score (nSPS) is 14.6. The highest BCUT2D eigenvalue weighted by Gasteiger charge is 2.19. The first-order chi connectivity index (χ1) is 19.4. The van der Waals surface area contributed by atoms with Gasteiger partial charge >= 0.3 is 0 Å². The second-order valence-corrected chi connectivity index (χ2v) is 12.2. The molecule has 1 aliphatic carbocycles. The predicted octanol–water partition coefficient (Wildman–Crippen LogP) is 6.74. The van der Waals surface area contributed by atoms with Gasteiger partial charge in [-0.25, -0.2) is 4.98 Å². The largest absolute Gasteiger partial charge is 0.492 e. The number of thiophene rings is 1. The summed E-state index contributed by atoms with van der Waals surface area (Å²) in [6.07, 6.45) is 5.23. The number of rotatable bonds is 11. The van der Waals surface area contributed by atoms with Crippen LogP contribution in [0.1, 0.15) is 65.0 Å². The Bertz CT molecular complexity index is 1460. The number of nitrogens with one attached hydrogen (secondary N) is 2. The maximum absolute atomic E-state index is 13.5. The Morgan fingerprint density at radius 1 is 1.10 bits per heavy atom. The van der Waals surface area contributed by atoms with Gasteiger partial charge in [-0.15, -0.1) is 11.3 Å². The molecule has 4 aromatic rings. The van der Waals surface area contributed by atoms with Crippen LogP contribution >= 0.6 is 11.3 Å². The fourth-order valence-electron chi connectivity index (χ4n) is 5.31. The lowest BCUT2D eigenvalue weighted by Gasteiger charge is -2.19. The Labute approximate surface area is 241 Å². The van der Waals surface area contributed by atoms with Crippen LogP contribution in [0.4, 0.5) is 0 Å². The molecule has 5 rings (SSSR count). The number of carbonyl (C=O) groups excluding carboxylic acids is 1. The number of pyridine rings is 1. The zero-order valence-electron chi connectivity index (χ0n) is 24.0. The summed E-state index contributed by atoms with van der Waals surface area (Å²) in [5.41, 5.74) is 4.48. The van der Waals surface area contributed by atoms with Gasteiger partial charge in [0.15, 0.2) is 0 Å². The molecule has 1 amide bonds. The Morgan fingerprint density at radius 3 is 2.70 bits per heavy atom. The van der Waals surface area contributed by atoms with Crippen molar-refractivity contribution in [2.45, 2.75) is 58.2 Å². The summed E-state index contributed by atoms with van der Waals surface area (Å²) >= 11 is 1.79. The number of ether oxygens (including phenoxy) is 1. The van der Waals surface area contributed by atoms with Crippen molar-refractivity contribution in [3.8, 4) is 16.3 Å². The zero-order valence-corrected chi connectivity index (χ0v) is 24.8. The minimum absolute atomic E-state index is 0.109. The molecular formula is C33H40N4O2S. The van der Waals surface area contributed by atoms with E-state index in [1.807, 2.05) is 64.3 Å². The second kappa shape index (κ2) is 12.9. The monoisotopic (exact) mass is 556 g/mol. The number of hydrogen-bond acceptors (Lipinski definition) is 6. The number of hydrogen-bond donors (Lipinski definition) is 2. The molecule has 7 heteroatoms. The predicted molar refractivity (Wildman–Crippen MR) is 165 cm³/mol. The van der Waals surface area contributed by atoms with Crippen molar-refractivity contribution in [2.24, 2.45) is 0 Å². The highest BCUT2D eigenvalue weighted by atomic mass is 32.1. The third kappa shape index (κ3) is 6.89. The minimum atomic E-state index is -0.208. The molecule has 1 unspecified atom stereocenters. The van der Waals surface area contributed by atoms with Crippen LogP contribution in [0.15, 0.2) is 60.7 Å². The van der Waals surface area contributed by atoms with Crippen LogP contribution < -0.4 is 15.4 Å². The number of nitrogens with zero attached hydrogens (tertiary/aromatic N) is 2. The fourth-order valence-corrected chi connectivity index (χ4v) is 6.23. The molecular weight excluding hydrogens is 516 g/mol. The van der Waals surface area contributed by atoms with E-state index in [2.05, 4.69) is 39.8 Å². The molecule has 2 aromatic heterocycles. The van der Waals surface area contributed by atoms with Gasteiger partial charge in [0.05, 0.1) is 22.1 Å². The van der Waals surface area contributed by atoms with E-state index < -0.39 is 0 Å². The number of amides is 1. The van der Waals surface area contributed by atoms with Crippen LogP contribution in [0.2, 0.25) is 0 Å². The lowest BCUT2D eigenvalue weighted by Crippen LogP contribution is -2.27. The van der Waals surface area contributed by atoms with E-state index in [1.54, 1.807) is 11.3 Å². The molecule has 2 heterocycles. The molecule has 2 N–H and O–H groups in total. The first-order valence-electron chi connectivity index (χ1n) is 14.3. The molecule has 0 saturated heterocycles. The minimum Gasteiger partial charge on any atom is -0.492 e. The maximum atomic E-state index is 13.5. The van der Waals surface area contributed by atoms with Crippen LogP contribution in [0.5, 0.6) is 5.75 Å².